The quantitative estimate of drug-likeness (QED) is 0.740. The number of hydrogen-bond acceptors (Lipinski definition) is 3. The smallest absolute Gasteiger partial charge is 0.282 e. The molecule has 0 N–H and O–H groups in total. The lowest BCUT2D eigenvalue weighted by molar-refractivity contribution is -0.120. The lowest BCUT2D eigenvalue weighted by atomic mass is 10.0. The number of benzene rings is 2. The Balaban J connectivity index is 1.77. The molecule has 1 saturated heterocycles. The van der Waals surface area contributed by atoms with Gasteiger partial charge in [0.15, 0.2) is 0 Å². The third-order valence-electron chi connectivity index (χ3n) is 5.64. The molecule has 0 atom stereocenters. The maximum absolute atomic E-state index is 13.4. The minimum absolute atomic E-state index is 0.209. The molecule has 2 amide bonds. The van der Waals surface area contributed by atoms with E-state index in [0.29, 0.717) is 22.9 Å². The van der Waals surface area contributed by atoms with E-state index in [2.05, 4.69) is 18.7 Å². The molecule has 0 bridgehead atoms. The van der Waals surface area contributed by atoms with Gasteiger partial charge in [0.2, 0.25) is 0 Å². The summed E-state index contributed by atoms with van der Waals surface area (Å²) in [4.78, 5) is 30.2. The van der Waals surface area contributed by atoms with Crippen molar-refractivity contribution >= 4 is 23.1 Å². The number of carbonyl (C=O) groups is 2. The van der Waals surface area contributed by atoms with Crippen LogP contribution in [0.5, 0.6) is 0 Å². The van der Waals surface area contributed by atoms with Gasteiger partial charge in [-0.05, 0) is 48.9 Å². The van der Waals surface area contributed by atoms with Gasteiger partial charge in [0.1, 0.15) is 5.70 Å². The molecule has 144 valence electrons. The van der Waals surface area contributed by atoms with Gasteiger partial charge in [-0.15, -0.1) is 0 Å². The molecular formula is C24H26N2O2. The lowest BCUT2D eigenvalue weighted by Gasteiger charge is -2.20. The zero-order valence-corrected chi connectivity index (χ0v) is 16.7. The Hall–Kier alpha value is -2.88. The summed E-state index contributed by atoms with van der Waals surface area (Å²) >= 11 is 0. The van der Waals surface area contributed by atoms with E-state index >= 15 is 0 Å². The highest BCUT2D eigenvalue weighted by Gasteiger charge is 2.42. The van der Waals surface area contributed by atoms with E-state index in [1.807, 2.05) is 55.5 Å². The van der Waals surface area contributed by atoms with Crippen molar-refractivity contribution in [1.82, 2.24) is 4.90 Å². The Labute approximate surface area is 166 Å². The fourth-order valence-corrected chi connectivity index (χ4v) is 3.98. The van der Waals surface area contributed by atoms with Crippen LogP contribution < -0.4 is 4.90 Å². The lowest BCUT2D eigenvalue weighted by Crippen LogP contribution is -2.34. The zero-order chi connectivity index (χ0) is 19.8. The van der Waals surface area contributed by atoms with Gasteiger partial charge in [0.25, 0.3) is 11.8 Å². The number of nitrogens with zero attached hydrogens (tertiary/aromatic N) is 2. The largest absolute Gasteiger partial charge is 0.366 e. The molecule has 0 spiro atoms. The number of rotatable bonds is 4. The molecule has 2 aliphatic rings. The van der Waals surface area contributed by atoms with E-state index < -0.39 is 0 Å². The maximum Gasteiger partial charge on any atom is 0.282 e. The van der Waals surface area contributed by atoms with Crippen molar-refractivity contribution in [2.24, 2.45) is 0 Å². The Morgan fingerprint density at radius 2 is 1.43 bits per heavy atom. The second kappa shape index (κ2) is 7.27. The Morgan fingerprint density at radius 3 is 2.00 bits per heavy atom. The molecule has 2 aromatic carbocycles. The Bertz CT molecular complexity index is 934. The van der Waals surface area contributed by atoms with E-state index in [4.69, 9.17) is 0 Å². The molecule has 0 saturated carbocycles. The van der Waals surface area contributed by atoms with Crippen molar-refractivity contribution < 1.29 is 9.59 Å². The molecule has 0 radical (unpaired) electrons. The molecule has 2 aromatic rings. The van der Waals surface area contributed by atoms with Crippen LogP contribution in [0.15, 0.2) is 54.2 Å². The van der Waals surface area contributed by atoms with E-state index in [9.17, 15) is 9.59 Å². The summed E-state index contributed by atoms with van der Waals surface area (Å²) in [5.41, 5.74) is 4.85. The van der Waals surface area contributed by atoms with Crippen molar-refractivity contribution in [3.8, 4) is 0 Å². The van der Waals surface area contributed by atoms with Gasteiger partial charge >= 0.3 is 0 Å². The van der Waals surface area contributed by atoms with Gasteiger partial charge < -0.3 is 4.90 Å². The number of hydrogen-bond donors (Lipinski definition) is 0. The molecule has 28 heavy (non-hydrogen) atoms. The highest BCUT2D eigenvalue weighted by atomic mass is 16.2. The molecule has 4 nitrogen and oxygen atoms in total. The summed E-state index contributed by atoms with van der Waals surface area (Å²) in [6, 6.07) is 15.6. The summed E-state index contributed by atoms with van der Waals surface area (Å²) in [5, 5.41) is 0. The topological polar surface area (TPSA) is 40.6 Å². The predicted molar refractivity (Wildman–Crippen MR) is 112 cm³/mol. The molecule has 2 heterocycles. The first-order chi connectivity index (χ1) is 13.5. The van der Waals surface area contributed by atoms with E-state index in [1.54, 1.807) is 0 Å². The molecule has 4 heteroatoms. The molecule has 1 fully saturated rings. The van der Waals surface area contributed by atoms with Gasteiger partial charge in [0.05, 0.1) is 11.3 Å². The van der Waals surface area contributed by atoms with Crippen molar-refractivity contribution in [1.29, 1.82) is 0 Å². The SMILES string of the molecule is Cc1ccc(C2=C(N3CCCC3)C(=O)N(c3ccc(C(C)C)cc3)C2=O)cc1. The van der Waals surface area contributed by atoms with E-state index in [1.165, 1.54) is 10.5 Å². The minimum atomic E-state index is -0.229. The summed E-state index contributed by atoms with van der Waals surface area (Å²) in [6.45, 7) is 7.92. The highest BCUT2D eigenvalue weighted by Crippen LogP contribution is 2.36. The van der Waals surface area contributed by atoms with Crippen molar-refractivity contribution in [2.45, 2.75) is 39.5 Å². The Morgan fingerprint density at radius 1 is 0.821 bits per heavy atom. The van der Waals surface area contributed by atoms with Crippen molar-refractivity contribution in [2.75, 3.05) is 18.0 Å². The van der Waals surface area contributed by atoms with Crippen molar-refractivity contribution in [3.63, 3.8) is 0 Å². The van der Waals surface area contributed by atoms with Gasteiger partial charge in [-0.25, -0.2) is 4.90 Å². The second-order valence-electron chi connectivity index (χ2n) is 7.98. The number of imide groups is 1. The monoisotopic (exact) mass is 374 g/mol. The fourth-order valence-electron chi connectivity index (χ4n) is 3.98. The molecule has 0 aliphatic carbocycles. The van der Waals surface area contributed by atoms with Crippen LogP contribution in [-0.2, 0) is 9.59 Å². The van der Waals surface area contributed by atoms with Crippen LogP contribution in [0, 0.1) is 6.92 Å². The molecule has 0 aromatic heterocycles. The molecule has 4 rings (SSSR count). The first-order valence-electron chi connectivity index (χ1n) is 10.0. The van der Waals surface area contributed by atoms with Crippen LogP contribution in [0.3, 0.4) is 0 Å². The van der Waals surface area contributed by atoms with Crippen molar-refractivity contribution in [3.05, 3.63) is 70.9 Å². The van der Waals surface area contributed by atoms with E-state index in [0.717, 1.165) is 37.1 Å². The number of anilines is 1. The average Bonchev–Trinajstić information content (AvgIpc) is 3.29. The normalized spacial score (nSPS) is 17.4. The third kappa shape index (κ3) is 3.13. The predicted octanol–water partition coefficient (Wildman–Crippen LogP) is 4.50. The van der Waals surface area contributed by atoms with Crippen LogP contribution in [0.1, 0.15) is 49.3 Å². The minimum Gasteiger partial charge on any atom is -0.366 e. The number of aryl methyl sites for hydroxylation is 1. The van der Waals surface area contributed by atoms with Gasteiger partial charge in [0, 0.05) is 13.1 Å². The number of amides is 2. The number of likely N-dealkylation sites (tertiary alicyclic amines) is 1. The van der Waals surface area contributed by atoms with Crippen LogP contribution in [0.2, 0.25) is 0 Å². The molecule has 0 unspecified atom stereocenters. The van der Waals surface area contributed by atoms with Gasteiger partial charge in [-0.3, -0.25) is 9.59 Å². The maximum atomic E-state index is 13.4. The van der Waals surface area contributed by atoms with Crippen LogP contribution in [0.25, 0.3) is 5.57 Å². The third-order valence-corrected chi connectivity index (χ3v) is 5.64. The zero-order valence-electron chi connectivity index (χ0n) is 16.7. The first kappa shape index (κ1) is 18.5. The van der Waals surface area contributed by atoms with Crippen LogP contribution >= 0.6 is 0 Å². The molecular weight excluding hydrogens is 348 g/mol. The first-order valence-corrected chi connectivity index (χ1v) is 10.0. The summed E-state index contributed by atoms with van der Waals surface area (Å²) in [6.07, 6.45) is 2.10. The van der Waals surface area contributed by atoms with Crippen LogP contribution in [0.4, 0.5) is 5.69 Å². The molecule has 2 aliphatic heterocycles. The Kier molecular flexibility index (Phi) is 4.80. The number of carbonyl (C=O) groups excluding carboxylic acids is 2. The average molecular weight is 374 g/mol. The summed E-state index contributed by atoms with van der Waals surface area (Å²) in [7, 11) is 0. The second-order valence-corrected chi connectivity index (χ2v) is 7.98. The highest BCUT2D eigenvalue weighted by molar-refractivity contribution is 6.45. The van der Waals surface area contributed by atoms with E-state index in [-0.39, 0.29) is 11.8 Å². The van der Waals surface area contributed by atoms with Gasteiger partial charge in [-0.1, -0.05) is 55.8 Å². The van der Waals surface area contributed by atoms with Crippen LogP contribution in [-0.4, -0.2) is 29.8 Å². The summed E-state index contributed by atoms with van der Waals surface area (Å²) in [5.74, 6) is -0.0340. The van der Waals surface area contributed by atoms with Gasteiger partial charge in [-0.2, -0.15) is 0 Å². The summed E-state index contributed by atoms with van der Waals surface area (Å²) < 4.78 is 0. The standard InChI is InChI=1S/C24H26N2O2/c1-16(2)18-10-12-20(13-11-18)26-23(27)21(19-8-6-17(3)7-9-19)22(24(26)28)25-14-4-5-15-25/h6-13,16H,4-5,14-15H2,1-3H3. The fraction of sp³-hybridized carbons (Fsp3) is 0.333.